The van der Waals surface area contributed by atoms with Crippen molar-refractivity contribution in [3.63, 3.8) is 0 Å². The van der Waals surface area contributed by atoms with Crippen LogP contribution in [0.1, 0.15) is 19.3 Å². The lowest BCUT2D eigenvalue weighted by molar-refractivity contribution is 0.0522. The lowest BCUT2D eigenvalue weighted by atomic mass is 10.1. The molecule has 0 aromatic carbocycles. The maximum atomic E-state index is 12.1. The van der Waals surface area contributed by atoms with Gasteiger partial charge in [0.25, 0.3) is 0 Å². The van der Waals surface area contributed by atoms with E-state index in [9.17, 15) is 4.79 Å². The highest BCUT2D eigenvalue weighted by Gasteiger charge is 2.38. The van der Waals surface area contributed by atoms with Gasteiger partial charge in [-0.1, -0.05) is 0 Å². The van der Waals surface area contributed by atoms with Crippen LogP contribution < -0.4 is 5.32 Å². The zero-order valence-electron chi connectivity index (χ0n) is 10.2. The van der Waals surface area contributed by atoms with Crippen LogP contribution in [0.25, 0.3) is 0 Å². The summed E-state index contributed by atoms with van der Waals surface area (Å²) in [5.74, 6) is 0. The molecule has 0 bridgehead atoms. The van der Waals surface area contributed by atoms with Crippen molar-refractivity contribution < 1.29 is 9.53 Å². The average Bonchev–Trinajstić information content (AvgIpc) is 2.95. The predicted octanol–water partition coefficient (Wildman–Crippen LogP) is 0.265. The number of morpholine rings is 1. The molecule has 3 aliphatic rings. The molecular weight excluding hydrogens is 218 g/mol. The third-order valence-corrected chi connectivity index (χ3v) is 4.21. The zero-order chi connectivity index (χ0) is 11.7. The molecule has 1 N–H and O–H groups in total. The summed E-state index contributed by atoms with van der Waals surface area (Å²) in [5, 5.41) is 3.21. The highest BCUT2D eigenvalue weighted by molar-refractivity contribution is 5.74. The van der Waals surface area contributed by atoms with Crippen molar-refractivity contribution in [2.45, 2.75) is 31.3 Å². The van der Waals surface area contributed by atoms with Crippen LogP contribution in [0.3, 0.4) is 0 Å². The summed E-state index contributed by atoms with van der Waals surface area (Å²) in [7, 11) is 0. The molecule has 96 valence electrons. The number of hydrogen-bond acceptors (Lipinski definition) is 3. The van der Waals surface area contributed by atoms with Crippen LogP contribution in [0.2, 0.25) is 0 Å². The van der Waals surface area contributed by atoms with E-state index in [-0.39, 0.29) is 6.03 Å². The second kappa shape index (κ2) is 4.82. The molecule has 2 amide bonds. The molecule has 2 unspecified atom stereocenters. The fourth-order valence-electron chi connectivity index (χ4n) is 3.27. The van der Waals surface area contributed by atoms with Gasteiger partial charge in [-0.3, -0.25) is 4.90 Å². The van der Waals surface area contributed by atoms with Gasteiger partial charge < -0.3 is 15.0 Å². The lowest BCUT2D eigenvalue weighted by Gasteiger charge is -2.29. The van der Waals surface area contributed by atoms with E-state index in [1.54, 1.807) is 0 Å². The van der Waals surface area contributed by atoms with Gasteiger partial charge in [0.1, 0.15) is 0 Å². The van der Waals surface area contributed by atoms with Crippen molar-refractivity contribution in [2.75, 3.05) is 39.4 Å². The van der Waals surface area contributed by atoms with Crippen molar-refractivity contribution >= 4 is 6.03 Å². The van der Waals surface area contributed by atoms with Gasteiger partial charge in [-0.15, -0.1) is 0 Å². The van der Waals surface area contributed by atoms with Crippen molar-refractivity contribution in [1.82, 2.24) is 15.1 Å². The summed E-state index contributed by atoms with van der Waals surface area (Å²) in [4.78, 5) is 16.5. The molecule has 0 radical (unpaired) electrons. The molecule has 3 rings (SSSR count). The molecule has 3 heterocycles. The number of fused-ring (bicyclic) bond motifs is 1. The first-order chi connectivity index (χ1) is 8.34. The Bertz CT molecular complexity index is 291. The Labute approximate surface area is 102 Å². The smallest absolute Gasteiger partial charge is 0.317 e. The molecule has 0 saturated carbocycles. The molecule has 17 heavy (non-hydrogen) atoms. The first-order valence-corrected chi connectivity index (χ1v) is 6.72. The molecular formula is C12H21N3O2. The van der Waals surface area contributed by atoms with Crippen LogP contribution in [0.15, 0.2) is 0 Å². The van der Waals surface area contributed by atoms with E-state index in [4.69, 9.17) is 4.74 Å². The Hall–Kier alpha value is -0.810. The fraction of sp³-hybridized carbons (Fsp3) is 0.917. The molecule has 5 heteroatoms. The SMILES string of the molecule is O=C(NC1CCN2CCCC12)N1CCOCC1. The number of rotatable bonds is 1. The monoisotopic (exact) mass is 239 g/mol. The summed E-state index contributed by atoms with van der Waals surface area (Å²) in [5.41, 5.74) is 0. The number of nitrogens with one attached hydrogen (secondary N) is 1. The van der Waals surface area contributed by atoms with Crippen LogP contribution in [0.4, 0.5) is 4.79 Å². The number of urea groups is 1. The van der Waals surface area contributed by atoms with Gasteiger partial charge in [-0.05, 0) is 25.8 Å². The summed E-state index contributed by atoms with van der Waals surface area (Å²) < 4.78 is 5.26. The average molecular weight is 239 g/mol. The van der Waals surface area contributed by atoms with Crippen molar-refractivity contribution in [3.05, 3.63) is 0 Å². The Morgan fingerprint density at radius 1 is 1.12 bits per heavy atom. The molecule has 0 aliphatic carbocycles. The van der Waals surface area contributed by atoms with E-state index in [0.29, 0.717) is 25.3 Å². The van der Waals surface area contributed by atoms with Crippen LogP contribution >= 0.6 is 0 Å². The minimum Gasteiger partial charge on any atom is -0.378 e. The quantitative estimate of drug-likeness (QED) is 0.714. The van der Waals surface area contributed by atoms with Gasteiger partial charge in [0.2, 0.25) is 0 Å². The number of hydrogen-bond donors (Lipinski definition) is 1. The molecule has 0 aromatic heterocycles. The van der Waals surface area contributed by atoms with Gasteiger partial charge in [0, 0.05) is 31.7 Å². The van der Waals surface area contributed by atoms with E-state index < -0.39 is 0 Å². The number of ether oxygens (including phenoxy) is 1. The van der Waals surface area contributed by atoms with Crippen molar-refractivity contribution in [3.8, 4) is 0 Å². The van der Waals surface area contributed by atoms with E-state index >= 15 is 0 Å². The molecule has 5 nitrogen and oxygen atoms in total. The van der Waals surface area contributed by atoms with E-state index in [1.165, 1.54) is 19.4 Å². The summed E-state index contributed by atoms with van der Waals surface area (Å²) in [6, 6.07) is 1.07. The van der Waals surface area contributed by atoms with Gasteiger partial charge >= 0.3 is 6.03 Å². The normalized spacial score (nSPS) is 33.8. The molecule has 3 fully saturated rings. The first kappa shape index (κ1) is 11.3. The summed E-state index contributed by atoms with van der Waals surface area (Å²) in [6.45, 7) is 5.18. The number of carbonyl (C=O) groups excluding carboxylic acids is 1. The van der Waals surface area contributed by atoms with Crippen LogP contribution in [-0.4, -0.2) is 67.3 Å². The number of carbonyl (C=O) groups is 1. The number of nitrogens with zero attached hydrogens (tertiary/aromatic N) is 2. The minimum atomic E-state index is 0.104. The predicted molar refractivity (Wildman–Crippen MR) is 63.9 cm³/mol. The zero-order valence-corrected chi connectivity index (χ0v) is 10.2. The maximum absolute atomic E-state index is 12.1. The molecule has 3 aliphatic heterocycles. The second-order valence-corrected chi connectivity index (χ2v) is 5.19. The van der Waals surface area contributed by atoms with Gasteiger partial charge in [0.05, 0.1) is 13.2 Å². The topological polar surface area (TPSA) is 44.8 Å². The highest BCUT2D eigenvalue weighted by Crippen LogP contribution is 2.27. The molecule has 2 atom stereocenters. The summed E-state index contributed by atoms with van der Waals surface area (Å²) >= 11 is 0. The number of amides is 2. The summed E-state index contributed by atoms with van der Waals surface area (Å²) in [6.07, 6.45) is 3.64. The molecule has 0 spiro atoms. The van der Waals surface area contributed by atoms with E-state index in [0.717, 1.165) is 26.1 Å². The Balaban J connectivity index is 1.54. The maximum Gasteiger partial charge on any atom is 0.317 e. The van der Waals surface area contributed by atoms with Gasteiger partial charge in [-0.2, -0.15) is 0 Å². The van der Waals surface area contributed by atoms with Crippen LogP contribution in [-0.2, 0) is 4.74 Å². The standard InChI is InChI=1S/C12H21N3O2/c16-12(15-6-8-17-9-7-15)13-10-3-5-14-4-1-2-11(10)14/h10-11H,1-9H2,(H,13,16). The largest absolute Gasteiger partial charge is 0.378 e. The molecule has 3 saturated heterocycles. The lowest BCUT2D eigenvalue weighted by Crippen LogP contribution is -2.51. The second-order valence-electron chi connectivity index (χ2n) is 5.19. The van der Waals surface area contributed by atoms with E-state index in [1.807, 2.05) is 4.90 Å². The van der Waals surface area contributed by atoms with Gasteiger partial charge in [0.15, 0.2) is 0 Å². The Kier molecular flexibility index (Phi) is 3.20. The first-order valence-electron chi connectivity index (χ1n) is 6.72. The van der Waals surface area contributed by atoms with Crippen molar-refractivity contribution in [1.29, 1.82) is 0 Å². The highest BCUT2D eigenvalue weighted by atomic mass is 16.5. The van der Waals surface area contributed by atoms with E-state index in [2.05, 4.69) is 10.2 Å². The third-order valence-electron chi connectivity index (χ3n) is 4.21. The van der Waals surface area contributed by atoms with Crippen LogP contribution in [0, 0.1) is 0 Å². The van der Waals surface area contributed by atoms with Gasteiger partial charge in [-0.25, -0.2) is 4.79 Å². The molecule has 0 aromatic rings. The van der Waals surface area contributed by atoms with Crippen molar-refractivity contribution in [2.24, 2.45) is 0 Å². The fourth-order valence-corrected chi connectivity index (χ4v) is 3.27. The third kappa shape index (κ3) is 2.26. The Morgan fingerprint density at radius 2 is 1.94 bits per heavy atom. The Morgan fingerprint density at radius 3 is 2.76 bits per heavy atom. The van der Waals surface area contributed by atoms with Crippen LogP contribution in [0.5, 0.6) is 0 Å². The minimum absolute atomic E-state index is 0.104.